The molecule has 7 nitrogen and oxygen atoms in total. The van der Waals surface area contributed by atoms with Crippen LogP contribution in [0.1, 0.15) is 29.7 Å². The zero-order valence-electron chi connectivity index (χ0n) is 21.0. The fourth-order valence-electron chi connectivity index (χ4n) is 7.47. The van der Waals surface area contributed by atoms with Crippen molar-refractivity contribution < 1.29 is 19.1 Å². The SMILES string of the molecule is CCOC(=O)Cn1c2c(sc1=O)C(c1ccc(Cl)cc1)C1C3CC(C1S2)C1C(=O)N(c2ccccc2)C(=O)C31. The molecule has 0 spiro atoms. The van der Waals surface area contributed by atoms with Crippen molar-refractivity contribution in [3.8, 4) is 0 Å². The lowest BCUT2D eigenvalue weighted by Gasteiger charge is -2.43. The fraction of sp³-hybridized carbons (Fsp3) is 0.379. The highest BCUT2D eigenvalue weighted by atomic mass is 35.5. The number of thiazole rings is 1. The van der Waals surface area contributed by atoms with Crippen molar-refractivity contribution in [2.45, 2.75) is 36.1 Å². The minimum absolute atomic E-state index is 0.00848. The first-order valence-electron chi connectivity index (χ1n) is 13.1. The summed E-state index contributed by atoms with van der Waals surface area (Å²) in [5, 5.41) is 1.44. The lowest BCUT2D eigenvalue weighted by molar-refractivity contribution is -0.144. The second-order valence-electron chi connectivity index (χ2n) is 10.6. The smallest absolute Gasteiger partial charge is 0.326 e. The maximum Gasteiger partial charge on any atom is 0.326 e. The van der Waals surface area contributed by atoms with Crippen LogP contribution in [0, 0.1) is 29.6 Å². The van der Waals surface area contributed by atoms with Gasteiger partial charge < -0.3 is 4.74 Å². The molecule has 2 aliphatic heterocycles. The molecule has 3 aromatic rings. The van der Waals surface area contributed by atoms with Crippen LogP contribution < -0.4 is 9.77 Å². The van der Waals surface area contributed by atoms with Gasteiger partial charge in [-0.15, -0.1) is 11.8 Å². The number of thioether (sulfide) groups is 1. The molecule has 2 bridgehead atoms. The number of hydrogen-bond donors (Lipinski definition) is 0. The van der Waals surface area contributed by atoms with Gasteiger partial charge in [0.2, 0.25) is 11.8 Å². The van der Waals surface area contributed by atoms with Gasteiger partial charge in [-0.3, -0.25) is 28.6 Å². The van der Waals surface area contributed by atoms with Gasteiger partial charge in [-0.05, 0) is 60.9 Å². The van der Waals surface area contributed by atoms with Crippen molar-refractivity contribution in [2.75, 3.05) is 11.5 Å². The zero-order valence-corrected chi connectivity index (χ0v) is 23.4. The Bertz CT molecular complexity index is 1550. The highest BCUT2D eigenvalue weighted by molar-refractivity contribution is 8.00. The van der Waals surface area contributed by atoms with E-state index < -0.39 is 5.97 Å². The summed E-state index contributed by atoms with van der Waals surface area (Å²) < 4.78 is 6.68. The molecular weight excluding hydrogens is 556 g/mol. The normalized spacial score (nSPS) is 30.3. The summed E-state index contributed by atoms with van der Waals surface area (Å²) in [4.78, 5) is 55.3. The maximum atomic E-state index is 13.8. The lowest BCUT2D eigenvalue weighted by atomic mass is 9.68. The molecule has 2 saturated carbocycles. The summed E-state index contributed by atoms with van der Waals surface area (Å²) in [7, 11) is 0. The molecule has 7 rings (SSSR count). The van der Waals surface area contributed by atoms with Crippen LogP contribution in [0.4, 0.5) is 5.69 Å². The number of carbonyl (C=O) groups is 3. The molecule has 7 unspecified atom stereocenters. The molecule has 0 radical (unpaired) electrons. The predicted molar refractivity (Wildman–Crippen MR) is 149 cm³/mol. The monoisotopic (exact) mass is 580 g/mol. The molecule has 10 heteroatoms. The van der Waals surface area contributed by atoms with Crippen LogP contribution in [0.2, 0.25) is 5.02 Å². The van der Waals surface area contributed by atoms with E-state index >= 15 is 0 Å². The number of halogens is 1. The standard InChI is InChI=1S/C29H25ClN2O5S2/c1-2-37-19(33)13-31-28-25(39-29(31)36)20(14-8-10-15(30)11-9-14)21-17-12-18(24(21)38-28)23-22(17)26(34)32(27(23)35)16-6-4-3-5-7-16/h3-11,17-18,20-24H,2,12-13H2,1H3. The van der Waals surface area contributed by atoms with Crippen LogP contribution in [0.15, 0.2) is 64.4 Å². The van der Waals surface area contributed by atoms with E-state index in [1.807, 2.05) is 54.6 Å². The molecule has 2 aliphatic carbocycles. The van der Waals surface area contributed by atoms with Crippen molar-refractivity contribution in [3.05, 3.63) is 79.7 Å². The summed E-state index contributed by atoms with van der Waals surface area (Å²) in [5.41, 5.74) is 1.65. The first-order valence-corrected chi connectivity index (χ1v) is 15.2. The van der Waals surface area contributed by atoms with Crippen molar-refractivity contribution in [2.24, 2.45) is 29.6 Å². The van der Waals surface area contributed by atoms with E-state index in [-0.39, 0.29) is 70.6 Å². The van der Waals surface area contributed by atoms with Gasteiger partial charge >= 0.3 is 10.8 Å². The van der Waals surface area contributed by atoms with Crippen molar-refractivity contribution in [1.82, 2.24) is 4.57 Å². The Morgan fingerprint density at radius 3 is 2.38 bits per heavy atom. The Morgan fingerprint density at radius 2 is 1.69 bits per heavy atom. The van der Waals surface area contributed by atoms with Crippen LogP contribution in [-0.4, -0.2) is 34.2 Å². The van der Waals surface area contributed by atoms with E-state index in [2.05, 4.69) is 0 Å². The van der Waals surface area contributed by atoms with Gasteiger partial charge in [0.25, 0.3) is 0 Å². The molecule has 3 fully saturated rings. The van der Waals surface area contributed by atoms with Gasteiger partial charge in [-0.2, -0.15) is 0 Å². The summed E-state index contributed by atoms with van der Waals surface area (Å²) in [6, 6.07) is 16.8. The number of carbonyl (C=O) groups excluding carboxylic acids is 3. The molecular formula is C29H25ClN2O5S2. The van der Waals surface area contributed by atoms with Crippen LogP contribution in [0.25, 0.3) is 0 Å². The zero-order chi connectivity index (χ0) is 27.0. The highest BCUT2D eigenvalue weighted by Gasteiger charge is 2.69. The number of aromatic nitrogens is 1. The molecule has 0 N–H and O–H groups in total. The molecule has 4 aliphatic rings. The Morgan fingerprint density at radius 1 is 1.00 bits per heavy atom. The number of para-hydroxylation sites is 1. The topological polar surface area (TPSA) is 85.7 Å². The molecule has 7 atom stereocenters. The molecule has 200 valence electrons. The Kier molecular flexibility index (Phi) is 6.02. The van der Waals surface area contributed by atoms with Crippen LogP contribution in [0.5, 0.6) is 0 Å². The maximum absolute atomic E-state index is 13.8. The number of amides is 2. The largest absolute Gasteiger partial charge is 0.465 e. The quantitative estimate of drug-likeness (QED) is 0.318. The molecule has 39 heavy (non-hydrogen) atoms. The van der Waals surface area contributed by atoms with E-state index in [0.717, 1.165) is 21.9 Å². The van der Waals surface area contributed by atoms with E-state index in [9.17, 15) is 19.2 Å². The number of esters is 1. The Labute approximate surface area is 238 Å². The van der Waals surface area contributed by atoms with Gasteiger partial charge in [0.05, 0.1) is 29.2 Å². The number of nitrogens with zero attached hydrogens (tertiary/aromatic N) is 2. The van der Waals surface area contributed by atoms with E-state index in [1.54, 1.807) is 18.7 Å². The van der Waals surface area contributed by atoms with Crippen molar-refractivity contribution in [1.29, 1.82) is 0 Å². The fourth-order valence-corrected chi connectivity index (χ4v) is 10.7. The minimum Gasteiger partial charge on any atom is -0.465 e. The minimum atomic E-state index is -0.450. The third-order valence-corrected chi connectivity index (χ3v) is 11.8. The number of benzene rings is 2. The van der Waals surface area contributed by atoms with Gasteiger partial charge in [-0.1, -0.05) is 53.3 Å². The summed E-state index contributed by atoms with van der Waals surface area (Å²) in [5.74, 6) is -1.43. The Hall–Kier alpha value is -2.88. The number of imide groups is 1. The molecule has 3 heterocycles. The van der Waals surface area contributed by atoms with Crippen molar-refractivity contribution in [3.63, 3.8) is 0 Å². The van der Waals surface area contributed by atoms with E-state index in [4.69, 9.17) is 16.3 Å². The van der Waals surface area contributed by atoms with Crippen LogP contribution in [-0.2, 0) is 25.7 Å². The molecule has 1 saturated heterocycles. The third-order valence-electron chi connectivity index (χ3n) is 8.79. The van der Waals surface area contributed by atoms with Gasteiger partial charge in [0.1, 0.15) is 6.54 Å². The third kappa shape index (κ3) is 3.69. The van der Waals surface area contributed by atoms with Gasteiger partial charge in [0, 0.05) is 21.1 Å². The van der Waals surface area contributed by atoms with Crippen LogP contribution >= 0.6 is 34.7 Å². The summed E-state index contributed by atoms with van der Waals surface area (Å²) in [6.45, 7) is 1.84. The number of fused-ring (bicyclic) bond motifs is 9. The predicted octanol–water partition coefficient (Wildman–Crippen LogP) is 4.80. The highest BCUT2D eigenvalue weighted by Crippen LogP contribution is 2.69. The molecule has 2 amide bonds. The second-order valence-corrected chi connectivity index (χ2v) is 13.2. The lowest BCUT2D eigenvalue weighted by Crippen LogP contribution is -2.43. The Balaban J connectivity index is 1.33. The first kappa shape index (κ1) is 25.1. The summed E-state index contributed by atoms with van der Waals surface area (Å²) in [6.07, 6.45) is 0.804. The van der Waals surface area contributed by atoms with Gasteiger partial charge in [0.15, 0.2) is 0 Å². The number of ether oxygens (including phenoxy) is 1. The average molecular weight is 581 g/mol. The second kappa shape index (κ2) is 9.35. The van der Waals surface area contributed by atoms with Crippen molar-refractivity contribution >= 4 is 58.2 Å². The number of rotatable bonds is 5. The molecule has 1 aromatic heterocycles. The number of anilines is 1. The number of hydrogen-bond acceptors (Lipinski definition) is 7. The summed E-state index contributed by atoms with van der Waals surface area (Å²) >= 11 is 9.00. The average Bonchev–Trinajstić information content (AvgIpc) is 3.64. The van der Waals surface area contributed by atoms with E-state index in [0.29, 0.717) is 10.7 Å². The molecule has 2 aromatic carbocycles. The van der Waals surface area contributed by atoms with Crippen LogP contribution in [0.3, 0.4) is 0 Å². The first-order chi connectivity index (χ1) is 18.9. The van der Waals surface area contributed by atoms with Gasteiger partial charge in [-0.25, -0.2) is 0 Å². The van der Waals surface area contributed by atoms with E-state index in [1.165, 1.54) is 20.8 Å².